The molecule has 1 amide bonds. The number of halogens is 1. The first-order valence-corrected chi connectivity index (χ1v) is 9.84. The van der Waals surface area contributed by atoms with Gasteiger partial charge in [0.2, 0.25) is 0 Å². The molecule has 1 N–H and O–H groups in total. The van der Waals surface area contributed by atoms with Crippen LogP contribution in [0.15, 0.2) is 53.1 Å². The molecule has 4 rings (SSSR count). The maximum atomic E-state index is 12.5. The standard InChI is InChI=1S/C21H22ClN3O3/c22-16-6-8-17(9-7-16)25-19(20-3-1-12-28-20)13-18(24-25)21(26)23-10-2-11-27-14-15-4-5-15/h1,3,6-9,12-13,15H,2,4-5,10-11,14H2,(H,23,26). The molecule has 1 saturated carbocycles. The average molecular weight is 400 g/mol. The van der Waals surface area contributed by atoms with Crippen molar-refractivity contribution in [3.8, 4) is 17.1 Å². The third kappa shape index (κ3) is 4.64. The van der Waals surface area contributed by atoms with Gasteiger partial charge in [-0.3, -0.25) is 4.79 Å². The second kappa shape index (κ2) is 8.63. The molecule has 0 radical (unpaired) electrons. The largest absolute Gasteiger partial charge is 0.463 e. The van der Waals surface area contributed by atoms with E-state index < -0.39 is 0 Å². The summed E-state index contributed by atoms with van der Waals surface area (Å²) in [7, 11) is 0. The van der Waals surface area contributed by atoms with E-state index in [1.807, 2.05) is 18.2 Å². The predicted octanol–water partition coefficient (Wildman–Crippen LogP) is 4.33. The first kappa shape index (κ1) is 18.8. The number of carbonyl (C=O) groups is 1. The quantitative estimate of drug-likeness (QED) is 0.543. The van der Waals surface area contributed by atoms with E-state index in [0.717, 1.165) is 24.6 Å². The molecular formula is C21H22ClN3O3. The molecule has 6 nitrogen and oxygen atoms in total. The van der Waals surface area contributed by atoms with Crippen LogP contribution in [0.1, 0.15) is 29.8 Å². The Hall–Kier alpha value is -2.57. The van der Waals surface area contributed by atoms with E-state index in [2.05, 4.69) is 10.4 Å². The lowest BCUT2D eigenvalue weighted by Crippen LogP contribution is -2.25. The number of carbonyl (C=O) groups excluding carboxylic acids is 1. The highest BCUT2D eigenvalue weighted by molar-refractivity contribution is 6.30. The highest BCUT2D eigenvalue weighted by atomic mass is 35.5. The molecule has 2 aromatic heterocycles. The molecule has 3 aromatic rings. The summed E-state index contributed by atoms with van der Waals surface area (Å²) in [6.07, 6.45) is 4.94. The van der Waals surface area contributed by atoms with E-state index in [9.17, 15) is 4.79 Å². The number of aromatic nitrogens is 2. The lowest BCUT2D eigenvalue weighted by atomic mass is 10.2. The number of nitrogens with zero attached hydrogens (tertiary/aromatic N) is 2. The van der Waals surface area contributed by atoms with Crippen molar-refractivity contribution in [2.45, 2.75) is 19.3 Å². The molecule has 0 saturated heterocycles. The van der Waals surface area contributed by atoms with Crippen LogP contribution in [-0.4, -0.2) is 35.4 Å². The lowest BCUT2D eigenvalue weighted by molar-refractivity contribution is 0.0932. The maximum Gasteiger partial charge on any atom is 0.271 e. The molecule has 0 spiro atoms. The van der Waals surface area contributed by atoms with Gasteiger partial charge in [-0.2, -0.15) is 5.10 Å². The Morgan fingerprint density at radius 2 is 2.11 bits per heavy atom. The van der Waals surface area contributed by atoms with Gasteiger partial charge in [0.05, 0.1) is 12.0 Å². The number of hydrogen-bond acceptors (Lipinski definition) is 4. The number of furan rings is 1. The smallest absolute Gasteiger partial charge is 0.271 e. The number of benzene rings is 1. The molecule has 1 aromatic carbocycles. The second-order valence-electron chi connectivity index (χ2n) is 6.91. The molecule has 7 heteroatoms. The SMILES string of the molecule is O=C(NCCCOCC1CC1)c1cc(-c2ccco2)n(-c2ccc(Cl)cc2)n1. The van der Waals surface area contributed by atoms with Crippen LogP contribution < -0.4 is 5.32 Å². The minimum atomic E-state index is -0.220. The van der Waals surface area contributed by atoms with Crippen LogP contribution in [0.5, 0.6) is 0 Å². The van der Waals surface area contributed by atoms with Gasteiger partial charge in [0, 0.05) is 30.8 Å². The summed E-state index contributed by atoms with van der Waals surface area (Å²) >= 11 is 5.99. The van der Waals surface area contributed by atoms with E-state index in [4.69, 9.17) is 20.8 Å². The first-order chi connectivity index (χ1) is 13.7. The molecule has 0 bridgehead atoms. The first-order valence-electron chi connectivity index (χ1n) is 9.46. The van der Waals surface area contributed by atoms with Gasteiger partial charge < -0.3 is 14.5 Å². The fourth-order valence-electron chi connectivity index (χ4n) is 2.87. The summed E-state index contributed by atoms with van der Waals surface area (Å²) < 4.78 is 12.8. The van der Waals surface area contributed by atoms with Gasteiger partial charge in [-0.15, -0.1) is 0 Å². The van der Waals surface area contributed by atoms with Gasteiger partial charge in [0.25, 0.3) is 5.91 Å². The zero-order valence-corrected chi connectivity index (χ0v) is 16.2. The minimum Gasteiger partial charge on any atom is -0.463 e. The molecule has 0 atom stereocenters. The Bertz CT molecular complexity index is 915. The molecule has 0 unspecified atom stereocenters. The monoisotopic (exact) mass is 399 g/mol. The number of nitrogens with one attached hydrogen (secondary N) is 1. The third-order valence-corrected chi connectivity index (χ3v) is 4.84. The Kier molecular flexibility index (Phi) is 5.78. The molecule has 1 aliphatic carbocycles. The Labute approximate surface area is 168 Å². The van der Waals surface area contributed by atoms with Gasteiger partial charge in [0.15, 0.2) is 11.5 Å². The molecule has 1 aliphatic rings. The molecule has 28 heavy (non-hydrogen) atoms. The number of ether oxygens (including phenoxy) is 1. The van der Waals surface area contributed by atoms with Crippen molar-refractivity contribution in [1.82, 2.24) is 15.1 Å². The Morgan fingerprint density at radius 3 is 2.82 bits per heavy atom. The molecule has 2 heterocycles. The zero-order valence-electron chi connectivity index (χ0n) is 15.4. The van der Waals surface area contributed by atoms with Crippen molar-refractivity contribution in [2.24, 2.45) is 5.92 Å². The summed E-state index contributed by atoms with van der Waals surface area (Å²) in [6, 6.07) is 12.6. The van der Waals surface area contributed by atoms with Gasteiger partial charge >= 0.3 is 0 Å². The van der Waals surface area contributed by atoms with Crippen LogP contribution >= 0.6 is 11.6 Å². The van der Waals surface area contributed by atoms with Crippen molar-refractivity contribution < 1.29 is 13.9 Å². The van der Waals surface area contributed by atoms with Crippen LogP contribution in [0.3, 0.4) is 0 Å². The zero-order chi connectivity index (χ0) is 19.3. The van der Waals surface area contributed by atoms with Crippen LogP contribution in [0.4, 0.5) is 0 Å². The van der Waals surface area contributed by atoms with E-state index in [-0.39, 0.29) is 5.91 Å². The number of rotatable bonds is 9. The van der Waals surface area contributed by atoms with Crippen LogP contribution in [0.2, 0.25) is 5.02 Å². The Morgan fingerprint density at radius 1 is 1.29 bits per heavy atom. The Balaban J connectivity index is 1.43. The van der Waals surface area contributed by atoms with Crippen LogP contribution in [-0.2, 0) is 4.74 Å². The van der Waals surface area contributed by atoms with Crippen molar-refractivity contribution >= 4 is 17.5 Å². The highest BCUT2D eigenvalue weighted by Gasteiger charge is 2.21. The van der Waals surface area contributed by atoms with Crippen LogP contribution in [0, 0.1) is 5.92 Å². The lowest BCUT2D eigenvalue weighted by Gasteiger charge is -2.06. The summed E-state index contributed by atoms with van der Waals surface area (Å²) in [5, 5.41) is 8.02. The summed E-state index contributed by atoms with van der Waals surface area (Å²) in [6.45, 7) is 2.05. The summed E-state index contributed by atoms with van der Waals surface area (Å²) in [5.41, 5.74) is 1.83. The number of hydrogen-bond donors (Lipinski definition) is 1. The van der Waals surface area contributed by atoms with Crippen molar-refractivity contribution in [2.75, 3.05) is 19.8 Å². The maximum absolute atomic E-state index is 12.5. The van der Waals surface area contributed by atoms with Crippen molar-refractivity contribution in [1.29, 1.82) is 0 Å². The molecular weight excluding hydrogens is 378 g/mol. The van der Waals surface area contributed by atoms with E-state index in [0.29, 0.717) is 35.3 Å². The van der Waals surface area contributed by atoms with Gasteiger partial charge in [-0.05, 0) is 61.6 Å². The summed E-state index contributed by atoms with van der Waals surface area (Å²) in [5.74, 6) is 1.17. The van der Waals surface area contributed by atoms with Crippen LogP contribution in [0.25, 0.3) is 17.1 Å². The minimum absolute atomic E-state index is 0.220. The average Bonchev–Trinajstić information content (AvgIpc) is 3.18. The normalized spacial score (nSPS) is 13.6. The van der Waals surface area contributed by atoms with Gasteiger partial charge in [-0.25, -0.2) is 4.68 Å². The van der Waals surface area contributed by atoms with E-state index in [1.54, 1.807) is 35.2 Å². The highest BCUT2D eigenvalue weighted by Crippen LogP contribution is 2.28. The fourth-order valence-corrected chi connectivity index (χ4v) is 3.00. The van der Waals surface area contributed by atoms with E-state index >= 15 is 0 Å². The van der Waals surface area contributed by atoms with Gasteiger partial charge in [-0.1, -0.05) is 11.6 Å². The topological polar surface area (TPSA) is 69.3 Å². The van der Waals surface area contributed by atoms with Gasteiger partial charge in [0.1, 0.15) is 5.69 Å². The second-order valence-corrected chi connectivity index (χ2v) is 7.34. The predicted molar refractivity (Wildman–Crippen MR) is 107 cm³/mol. The molecule has 0 aliphatic heterocycles. The molecule has 146 valence electrons. The third-order valence-electron chi connectivity index (χ3n) is 4.59. The van der Waals surface area contributed by atoms with Crippen molar-refractivity contribution in [3.63, 3.8) is 0 Å². The fraction of sp³-hybridized carbons (Fsp3) is 0.333. The summed E-state index contributed by atoms with van der Waals surface area (Å²) in [4.78, 5) is 12.5. The number of amides is 1. The molecule has 1 fully saturated rings. The van der Waals surface area contributed by atoms with E-state index in [1.165, 1.54) is 12.8 Å². The van der Waals surface area contributed by atoms with Crippen molar-refractivity contribution in [3.05, 3.63) is 59.4 Å².